The summed E-state index contributed by atoms with van der Waals surface area (Å²) in [5.74, 6) is -0.0444. The van der Waals surface area contributed by atoms with Gasteiger partial charge in [0.2, 0.25) is 0 Å². The van der Waals surface area contributed by atoms with E-state index in [4.69, 9.17) is 4.74 Å². The van der Waals surface area contributed by atoms with Gasteiger partial charge >= 0.3 is 0 Å². The molecular formula is C19H27N3O2. The number of amides is 1. The molecule has 1 fully saturated rings. The number of methoxy groups -OCH3 is 1. The van der Waals surface area contributed by atoms with Crippen LogP contribution in [0.1, 0.15) is 61.3 Å². The van der Waals surface area contributed by atoms with Crippen molar-refractivity contribution < 1.29 is 9.53 Å². The zero-order valence-electron chi connectivity index (χ0n) is 14.5. The van der Waals surface area contributed by atoms with Gasteiger partial charge in [-0.1, -0.05) is 25.7 Å². The van der Waals surface area contributed by atoms with Gasteiger partial charge in [-0.25, -0.2) is 4.98 Å². The maximum atomic E-state index is 12.2. The summed E-state index contributed by atoms with van der Waals surface area (Å²) in [5, 5.41) is 2.92. The molecule has 3 rings (SSSR count). The van der Waals surface area contributed by atoms with E-state index in [1.54, 1.807) is 7.11 Å². The minimum Gasteiger partial charge on any atom is -0.385 e. The second-order valence-electron chi connectivity index (χ2n) is 6.60. The molecule has 5 heteroatoms. The van der Waals surface area contributed by atoms with Crippen LogP contribution in [-0.4, -0.2) is 35.7 Å². The first-order valence-electron chi connectivity index (χ1n) is 9.03. The number of hydrogen-bond acceptors (Lipinski definition) is 3. The Morgan fingerprint density at radius 1 is 1.29 bits per heavy atom. The van der Waals surface area contributed by atoms with Crippen LogP contribution >= 0.6 is 0 Å². The molecule has 0 aliphatic heterocycles. The molecule has 0 bridgehead atoms. The summed E-state index contributed by atoms with van der Waals surface area (Å²) in [7, 11) is 1.67. The van der Waals surface area contributed by atoms with Crippen LogP contribution in [0.5, 0.6) is 0 Å². The van der Waals surface area contributed by atoms with Crippen LogP contribution in [-0.2, 0) is 4.74 Å². The van der Waals surface area contributed by atoms with Crippen molar-refractivity contribution in [1.82, 2.24) is 14.9 Å². The van der Waals surface area contributed by atoms with Crippen LogP contribution in [0.3, 0.4) is 0 Å². The fourth-order valence-corrected chi connectivity index (χ4v) is 3.52. The molecule has 1 aliphatic carbocycles. The molecule has 2 aromatic rings. The number of rotatable bonds is 6. The van der Waals surface area contributed by atoms with Gasteiger partial charge in [-0.15, -0.1) is 0 Å². The topological polar surface area (TPSA) is 56.1 Å². The quantitative estimate of drug-likeness (QED) is 0.649. The number of carbonyl (C=O) groups excluding carboxylic acids is 1. The Bertz CT molecular complexity index is 672. The summed E-state index contributed by atoms with van der Waals surface area (Å²) < 4.78 is 7.30. The Hall–Kier alpha value is -1.88. The maximum absolute atomic E-state index is 12.2. The molecule has 0 spiro atoms. The molecule has 1 aliphatic rings. The zero-order valence-corrected chi connectivity index (χ0v) is 14.5. The minimum absolute atomic E-state index is 0.0444. The van der Waals surface area contributed by atoms with Crippen molar-refractivity contribution in [1.29, 1.82) is 0 Å². The summed E-state index contributed by atoms with van der Waals surface area (Å²) in [6.45, 7) is 1.28. The molecule has 1 heterocycles. The number of hydrogen-bond donors (Lipinski definition) is 1. The van der Waals surface area contributed by atoms with Gasteiger partial charge < -0.3 is 14.6 Å². The van der Waals surface area contributed by atoms with Crippen molar-refractivity contribution in [3.8, 4) is 0 Å². The molecule has 1 aromatic heterocycles. The zero-order chi connectivity index (χ0) is 16.8. The number of carbonyl (C=O) groups is 1. The Balaban J connectivity index is 1.71. The highest BCUT2D eigenvalue weighted by Gasteiger charge is 2.17. The third kappa shape index (κ3) is 3.96. The van der Waals surface area contributed by atoms with Crippen LogP contribution in [0.4, 0.5) is 0 Å². The summed E-state index contributed by atoms with van der Waals surface area (Å²) in [4.78, 5) is 16.8. The SMILES string of the molecule is COCCCNC(=O)c1ccc2c(c1)ncn2C1CCCCCC1. The van der Waals surface area contributed by atoms with E-state index in [1.165, 1.54) is 38.5 Å². The summed E-state index contributed by atoms with van der Waals surface area (Å²) in [5.41, 5.74) is 2.72. The van der Waals surface area contributed by atoms with E-state index in [9.17, 15) is 4.79 Å². The smallest absolute Gasteiger partial charge is 0.251 e. The van der Waals surface area contributed by atoms with Gasteiger partial charge in [-0.3, -0.25) is 4.79 Å². The lowest BCUT2D eigenvalue weighted by Crippen LogP contribution is -2.25. The first-order valence-corrected chi connectivity index (χ1v) is 9.03. The van der Waals surface area contributed by atoms with E-state index in [0.29, 0.717) is 24.8 Å². The molecule has 1 N–H and O–H groups in total. The van der Waals surface area contributed by atoms with E-state index in [0.717, 1.165) is 17.5 Å². The highest BCUT2D eigenvalue weighted by molar-refractivity contribution is 5.97. The van der Waals surface area contributed by atoms with Crippen LogP contribution < -0.4 is 5.32 Å². The van der Waals surface area contributed by atoms with Gasteiger partial charge in [0.1, 0.15) is 0 Å². The molecule has 0 saturated heterocycles. The van der Waals surface area contributed by atoms with Crippen LogP contribution in [0.2, 0.25) is 0 Å². The number of nitrogens with one attached hydrogen (secondary N) is 1. The van der Waals surface area contributed by atoms with Gasteiger partial charge in [-0.2, -0.15) is 0 Å². The molecule has 0 radical (unpaired) electrons. The van der Waals surface area contributed by atoms with Gasteiger partial charge in [-0.05, 0) is 37.5 Å². The first-order chi connectivity index (χ1) is 11.8. The lowest BCUT2D eigenvalue weighted by molar-refractivity contribution is 0.0948. The Morgan fingerprint density at radius 3 is 2.83 bits per heavy atom. The maximum Gasteiger partial charge on any atom is 0.251 e. The molecular weight excluding hydrogens is 302 g/mol. The third-order valence-corrected chi connectivity index (χ3v) is 4.87. The summed E-state index contributed by atoms with van der Waals surface area (Å²) in [6.07, 6.45) is 10.5. The Morgan fingerprint density at radius 2 is 2.08 bits per heavy atom. The number of ether oxygens (including phenoxy) is 1. The Kier molecular flexibility index (Phi) is 5.86. The number of imidazole rings is 1. The van der Waals surface area contributed by atoms with Crippen molar-refractivity contribution >= 4 is 16.9 Å². The predicted molar refractivity (Wildman–Crippen MR) is 95.3 cm³/mol. The van der Waals surface area contributed by atoms with E-state index in [2.05, 4.69) is 14.9 Å². The fraction of sp³-hybridized carbons (Fsp3) is 0.579. The molecule has 1 amide bonds. The molecule has 130 valence electrons. The van der Waals surface area contributed by atoms with Gasteiger partial charge in [0, 0.05) is 31.9 Å². The van der Waals surface area contributed by atoms with Gasteiger partial charge in [0.05, 0.1) is 17.4 Å². The fourth-order valence-electron chi connectivity index (χ4n) is 3.52. The predicted octanol–water partition coefficient (Wildman–Crippen LogP) is 3.70. The van der Waals surface area contributed by atoms with E-state index in [1.807, 2.05) is 24.5 Å². The average molecular weight is 329 g/mol. The molecule has 24 heavy (non-hydrogen) atoms. The van der Waals surface area contributed by atoms with Gasteiger partial charge in [0.15, 0.2) is 0 Å². The molecule has 1 aromatic carbocycles. The standard InChI is InChI=1S/C19H27N3O2/c1-24-12-6-11-20-19(23)15-9-10-18-17(13-15)21-14-22(18)16-7-4-2-3-5-8-16/h9-10,13-14,16H,2-8,11-12H2,1H3,(H,20,23). The monoisotopic (exact) mass is 329 g/mol. The number of aromatic nitrogens is 2. The summed E-state index contributed by atoms with van der Waals surface area (Å²) >= 11 is 0. The highest BCUT2D eigenvalue weighted by atomic mass is 16.5. The third-order valence-electron chi connectivity index (χ3n) is 4.87. The van der Waals surface area contributed by atoms with Crippen molar-refractivity contribution in [2.24, 2.45) is 0 Å². The first kappa shape index (κ1) is 17.0. The van der Waals surface area contributed by atoms with Gasteiger partial charge in [0.25, 0.3) is 5.91 Å². The number of nitrogens with zero attached hydrogens (tertiary/aromatic N) is 2. The average Bonchev–Trinajstić information content (AvgIpc) is 2.83. The Labute approximate surface area is 143 Å². The number of benzene rings is 1. The van der Waals surface area contributed by atoms with Crippen LogP contribution in [0.15, 0.2) is 24.5 Å². The summed E-state index contributed by atoms with van der Waals surface area (Å²) in [6, 6.07) is 6.39. The minimum atomic E-state index is -0.0444. The second-order valence-corrected chi connectivity index (χ2v) is 6.60. The van der Waals surface area contributed by atoms with Crippen LogP contribution in [0.25, 0.3) is 11.0 Å². The lowest BCUT2D eigenvalue weighted by atomic mass is 10.1. The molecule has 5 nitrogen and oxygen atoms in total. The highest BCUT2D eigenvalue weighted by Crippen LogP contribution is 2.30. The largest absolute Gasteiger partial charge is 0.385 e. The van der Waals surface area contributed by atoms with Crippen LogP contribution in [0, 0.1) is 0 Å². The van der Waals surface area contributed by atoms with Crippen molar-refractivity contribution in [2.45, 2.75) is 51.0 Å². The number of fused-ring (bicyclic) bond motifs is 1. The van der Waals surface area contributed by atoms with Crippen molar-refractivity contribution in [2.75, 3.05) is 20.3 Å². The van der Waals surface area contributed by atoms with E-state index >= 15 is 0 Å². The molecule has 0 unspecified atom stereocenters. The van der Waals surface area contributed by atoms with E-state index in [-0.39, 0.29) is 5.91 Å². The van der Waals surface area contributed by atoms with Crippen molar-refractivity contribution in [3.63, 3.8) is 0 Å². The second kappa shape index (κ2) is 8.29. The molecule has 1 saturated carbocycles. The normalized spacial score (nSPS) is 16.2. The van der Waals surface area contributed by atoms with Crippen molar-refractivity contribution in [3.05, 3.63) is 30.1 Å². The van der Waals surface area contributed by atoms with E-state index < -0.39 is 0 Å². The lowest BCUT2D eigenvalue weighted by Gasteiger charge is -2.17. The molecule has 0 atom stereocenters.